The largest absolute Gasteiger partial charge is 2.00 e. The monoisotopic (exact) mass is 276 g/mol. The van der Waals surface area contributed by atoms with Gasteiger partial charge in [-0.1, -0.05) is 33.6 Å². The van der Waals surface area contributed by atoms with Crippen molar-refractivity contribution in [3.63, 3.8) is 0 Å². The second-order valence-corrected chi connectivity index (χ2v) is 3.95. The molecule has 0 saturated carbocycles. The van der Waals surface area contributed by atoms with E-state index in [2.05, 4.69) is 52.0 Å². The Bertz CT molecular complexity index is 327. The van der Waals surface area contributed by atoms with Gasteiger partial charge in [-0.3, -0.25) is 12.2 Å². The first-order valence-corrected chi connectivity index (χ1v) is 5.10. The van der Waals surface area contributed by atoms with Gasteiger partial charge in [-0.05, 0) is 0 Å². The van der Waals surface area contributed by atoms with E-state index in [9.17, 15) is 0 Å². The molecule has 0 aromatic heterocycles. The Balaban J connectivity index is 0.000000245. The van der Waals surface area contributed by atoms with Crippen LogP contribution < -0.4 is 0 Å². The molecule has 15 heavy (non-hydrogen) atoms. The Morgan fingerprint density at radius 2 is 1.73 bits per heavy atom. The minimum Gasteiger partial charge on any atom is -0.253 e. The van der Waals surface area contributed by atoms with Crippen LogP contribution in [0.2, 0.25) is 0 Å². The molecule has 0 nitrogen and oxygen atoms in total. The molecule has 1 heteroatoms. The molecule has 0 aliphatic heterocycles. The molecule has 78 valence electrons. The van der Waals surface area contributed by atoms with Gasteiger partial charge in [-0.15, -0.1) is 6.92 Å². The van der Waals surface area contributed by atoms with Crippen molar-refractivity contribution in [1.82, 2.24) is 0 Å². The van der Waals surface area contributed by atoms with Crippen LogP contribution in [-0.2, 0) is 26.2 Å². The third-order valence-corrected chi connectivity index (χ3v) is 2.49. The van der Waals surface area contributed by atoms with E-state index in [1.54, 1.807) is 0 Å². The average Bonchev–Trinajstić information content (AvgIpc) is 2.65. The van der Waals surface area contributed by atoms with E-state index in [-0.39, 0.29) is 26.2 Å². The number of hydrogen-bond donors (Lipinski definition) is 0. The Morgan fingerprint density at radius 1 is 1.07 bits per heavy atom. The summed E-state index contributed by atoms with van der Waals surface area (Å²) >= 11 is 0. The number of allylic oxidation sites excluding steroid dienone is 8. The minimum atomic E-state index is 0. The zero-order valence-corrected chi connectivity index (χ0v) is 12.5. The molecular weight excluding hydrogens is 259 g/mol. The molecule has 0 bridgehead atoms. The summed E-state index contributed by atoms with van der Waals surface area (Å²) in [5.74, 6) is 0. The van der Waals surface area contributed by atoms with Crippen molar-refractivity contribution in [2.45, 2.75) is 40.5 Å². The molecule has 0 aromatic rings. The average molecular weight is 278 g/mol. The number of hydrogen-bond acceptors (Lipinski definition) is 0. The fourth-order valence-corrected chi connectivity index (χ4v) is 1.38. The Kier molecular flexibility index (Phi) is 7.10. The third-order valence-electron chi connectivity index (χ3n) is 2.49. The van der Waals surface area contributed by atoms with Crippen LogP contribution in [0.3, 0.4) is 0 Å². The predicted octanol–water partition coefficient (Wildman–Crippen LogP) is 4.17. The van der Waals surface area contributed by atoms with Crippen molar-refractivity contribution in [2.24, 2.45) is 0 Å². The van der Waals surface area contributed by atoms with Gasteiger partial charge in [0, 0.05) is 0 Å². The van der Waals surface area contributed by atoms with E-state index >= 15 is 0 Å². The standard InChI is InChI=1S/2C7H9.Zr/c1-6-3-4-7(2)5-6;1-6-4-3-5-7(6)2;/h2*3H,4H2,1-2H3;/q2*-1;+2. The van der Waals surface area contributed by atoms with Crippen molar-refractivity contribution in [2.75, 3.05) is 0 Å². The molecule has 2 aliphatic carbocycles. The number of rotatable bonds is 0. The van der Waals surface area contributed by atoms with Crippen LogP contribution in [0.4, 0.5) is 0 Å². The van der Waals surface area contributed by atoms with Gasteiger partial charge in [0.1, 0.15) is 0 Å². The fourth-order valence-electron chi connectivity index (χ4n) is 1.38. The van der Waals surface area contributed by atoms with Gasteiger partial charge in [0.15, 0.2) is 0 Å². The third kappa shape index (κ3) is 5.47. The van der Waals surface area contributed by atoms with Crippen LogP contribution in [0.5, 0.6) is 0 Å². The van der Waals surface area contributed by atoms with Gasteiger partial charge in [0.05, 0.1) is 0 Å². The summed E-state index contributed by atoms with van der Waals surface area (Å²) in [4.78, 5) is 0. The van der Waals surface area contributed by atoms with Gasteiger partial charge in [0.25, 0.3) is 0 Å². The summed E-state index contributed by atoms with van der Waals surface area (Å²) in [7, 11) is 0. The summed E-state index contributed by atoms with van der Waals surface area (Å²) in [6.07, 6.45) is 12.8. The van der Waals surface area contributed by atoms with Crippen molar-refractivity contribution >= 4 is 0 Å². The molecule has 0 heterocycles. The maximum Gasteiger partial charge on any atom is 2.00 e. The van der Waals surface area contributed by atoms with E-state index in [4.69, 9.17) is 0 Å². The molecule has 0 aromatic carbocycles. The molecule has 0 radical (unpaired) electrons. The fraction of sp³-hybridized carbons (Fsp3) is 0.429. The second kappa shape index (κ2) is 7.17. The van der Waals surface area contributed by atoms with Crippen LogP contribution in [0.15, 0.2) is 34.4 Å². The molecule has 0 amide bonds. The Labute approximate surface area is 113 Å². The van der Waals surface area contributed by atoms with E-state index in [0.29, 0.717) is 0 Å². The molecular formula is C14H18Zr. The first kappa shape index (κ1) is 14.8. The molecule has 0 N–H and O–H groups in total. The van der Waals surface area contributed by atoms with Gasteiger partial charge in [0.2, 0.25) is 0 Å². The van der Waals surface area contributed by atoms with Crippen LogP contribution in [0.1, 0.15) is 40.5 Å². The maximum absolute atomic E-state index is 3.19. The molecule has 0 spiro atoms. The van der Waals surface area contributed by atoms with Gasteiger partial charge in [-0.25, -0.2) is 22.8 Å². The summed E-state index contributed by atoms with van der Waals surface area (Å²) in [6.45, 7) is 8.42. The van der Waals surface area contributed by atoms with E-state index in [1.807, 2.05) is 0 Å². The second-order valence-electron chi connectivity index (χ2n) is 3.95. The van der Waals surface area contributed by atoms with Crippen molar-refractivity contribution in [3.05, 3.63) is 46.6 Å². The first-order valence-electron chi connectivity index (χ1n) is 5.10. The zero-order chi connectivity index (χ0) is 10.6. The summed E-state index contributed by atoms with van der Waals surface area (Å²) in [5, 5.41) is 0. The van der Waals surface area contributed by atoms with Gasteiger partial charge >= 0.3 is 26.2 Å². The van der Waals surface area contributed by atoms with Crippen LogP contribution in [0.25, 0.3) is 0 Å². The minimum absolute atomic E-state index is 0. The Morgan fingerprint density at radius 3 is 1.87 bits per heavy atom. The molecule has 0 fully saturated rings. The zero-order valence-electron chi connectivity index (χ0n) is 10.1. The summed E-state index contributed by atoms with van der Waals surface area (Å²) in [6, 6.07) is 0. The Hall–Kier alpha value is -0.157. The van der Waals surface area contributed by atoms with E-state index in [0.717, 1.165) is 12.8 Å². The van der Waals surface area contributed by atoms with Crippen molar-refractivity contribution in [3.8, 4) is 0 Å². The quantitative estimate of drug-likeness (QED) is 0.583. The smallest absolute Gasteiger partial charge is 0.253 e. The van der Waals surface area contributed by atoms with Crippen LogP contribution in [-0.4, -0.2) is 0 Å². The molecule has 0 saturated heterocycles. The van der Waals surface area contributed by atoms with E-state index < -0.39 is 0 Å². The van der Waals surface area contributed by atoms with Crippen LogP contribution in [0, 0.1) is 12.2 Å². The van der Waals surface area contributed by atoms with E-state index in [1.165, 1.54) is 22.3 Å². The SMILES string of the molecule is CC1=C(C)CC=[C-]1.CC1=[C-]C(C)=CC1.[Zr+2]. The topological polar surface area (TPSA) is 0 Å². The summed E-state index contributed by atoms with van der Waals surface area (Å²) in [5.41, 5.74) is 5.43. The normalized spacial score (nSPS) is 17.9. The molecule has 2 rings (SSSR count). The predicted molar refractivity (Wildman–Crippen MR) is 61.6 cm³/mol. The van der Waals surface area contributed by atoms with Gasteiger partial charge in [-0.2, -0.15) is 11.6 Å². The maximum atomic E-state index is 3.19. The van der Waals surface area contributed by atoms with Gasteiger partial charge < -0.3 is 0 Å². The molecule has 2 aliphatic rings. The summed E-state index contributed by atoms with van der Waals surface area (Å²) < 4.78 is 0. The first-order chi connectivity index (χ1) is 6.59. The van der Waals surface area contributed by atoms with Crippen molar-refractivity contribution < 1.29 is 26.2 Å². The van der Waals surface area contributed by atoms with Crippen molar-refractivity contribution in [1.29, 1.82) is 0 Å². The molecule has 0 unspecified atom stereocenters. The molecule has 0 atom stereocenters. The van der Waals surface area contributed by atoms with Crippen LogP contribution >= 0.6 is 0 Å².